The van der Waals surface area contributed by atoms with Crippen LogP contribution in [0.1, 0.15) is 13.8 Å². The van der Waals surface area contributed by atoms with Crippen LogP contribution in [0.4, 0.5) is 0 Å². The van der Waals surface area contributed by atoms with Crippen molar-refractivity contribution in [2.24, 2.45) is 0 Å². The highest BCUT2D eigenvalue weighted by atomic mass is 31.1. The van der Waals surface area contributed by atoms with Gasteiger partial charge in [-0.2, -0.15) is 0 Å². The zero-order valence-corrected chi connectivity index (χ0v) is 12.9. The predicted molar refractivity (Wildman–Crippen MR) is 87.7 cm³/mol. The summed E-state index contributed by atoms with van der Waals surface area (Å²) in [5, 5.41) is 2.96. The van der Waals surface area contributed by atoms with E-state index >= 15 is 0 Å². The van der Waals surface area contributed by atoms with Crippen LogP contribution in [0.2, 0.25) is 0 Å². The Bertz CT molecular complexity index is 408. The van der Waals surface area contributed by atoms with Gasteiger partial charge in [-0.1, -0.05) is 91.7 Å². The van der Waals surface area contributed by atoms with E-state index in [9.17, 15) is 0 Å². The van der Waals surface area contributed by atoms with Gasteiger partial charge in [-0.15, -0.1) is 0 Å². The van der Waals surface area contributed by atoms with Gasteiger partial charge in [0.2, 0.25) is 0 Å². The summed E-state index contributed by atoms with van der Waals surface area (Å²) in [5.41, 5.74) is 1.51. The van der Waals surface area contributed by atoms with Crippen molar-refractivity contribution in [3.05, 3.63) is 60.7 Å². The van der Waals surface area contributed by atoms with Crippen molar-refractivity contribution in [2.75, 3.05) is 0 Å². The van der Waals surface area contributed by atoms with Gasteiger partial charge in [0.1, 0.15) is 0 Å². The normalized spacial score (nSPS) is 15.4. The maximum atomic E-state index is 2.38. The average molecular weight is 274 g/mol. The van der Waals surface area contributed by atoms with Crippen LogP contribution < -0.4 is 10.6 Å². The molecule has 2 aromatic rings. The topological polar surface area (TPSA) is 0 Å². The molecule has 18 heavy (non-hydrogen) atoms. The monoisotopic (exact) mass is 274 g/mol. The van der Waals surface area contributed by atoms with Gasteiger partial charge < -0.3 is 0 Å². The molecule has 0 heterocycles. The summed E-state index contributed by atoms with van der Waals surface area (Å²) in [5.74, 6) is 0. The molecule has 0 aliphatic heterocycles. The standard InChI is InChI=1S/C16H20P2/c1-13(17-15-9-5-3-6-10-15)14(2)18-16-11-7-4-8-12-16/h3-14,17-18H,1-2H3/t13-,14-/m0/s1. The van der Waals surface area contributed by atoms with Gasteiger partial charge in [0.25, 0.3) is 0 Å². The lowest BCUT2D eigenvalue weighted by Gasteiger charge is -2.20. The number of hydrogen-bond donors (Lipinski definition) is 0. The molecule has 2 heteroatoms. The summed E-state index contributed by atoms with van der Waals surface area (Å²) in [7, 11) is 1.83. The molecule has 0 N–H and O–H groups in total. The third-order valence-corrected chi connectivity index (χ3v) is 6.66. The fourth-order valence-corrected chi connectivity index (χ4v) is 4.67. The third kappa shape index (κ3) is 4.20. The van der Waals surface area contributed by atoms with E-state index in [2.05, 4.69) is 74.5 Å². The largest absolute Gasteiger partial charge is 0.0869 e. The Labute approximate surface area is 114 Å². The molecule has 0 bridgehead atoms. The van der Waals surface area contributed by atoms with Crippen molar-refractivity contribution >= 4 is 27.8 Å². The molecule has 0 saturated carbocycles. The average Bonchev–Trinajstić information content (AvgIpc) is 2.41. The molecule has 0 aliphatic carbocycles. The van der Waals surface area contributed by atoms with Gasteiger partial charge in [0.05, 0.1) is 0 Å². The Morgan fingerprint density at radius 1 is 0.611 bits per heavy atom. The Kier molecular flexibility index (Phi) is 5.36. The van der Waals surface area contributed by atoms with Crippen LogP contribution >= 0.6 is 17.2 Å². The highest BCUT2D eigenvalue weighted by Crippen LogP contribution is 2.31. The Balaban J connectivity index is 1.91. The van der Waals surface area contributed by atoms with E-state index in [1.54, 1.807) is 0 Å². The molecule has 4 atom stereocenters. The molecule has 0 saturated heterocycles. The highest BCUT2D eigenvalue weighted by molar-refractivity contribution is 7.52. The molecular formula is C16H20P2. The van der Waals surface area contributed by atoms with Crippen molar-refractivity contribution < 1.29 is 0 Å². The quantitative estimate of drug-likeness (QED) is 0.728. The van der Waals surface area contributed by atoms with E-state index < -0.39 is 0 Å². The minimum absolute atomic E-state index is 0.755. The van der Waals surface area contributed by atoms with Gasteiger partial charge >= 0.3 is 0 Å². The second-order valence-electron chi connectivity index (χ2n) is 4.60. The number of benzene rings is 2. The second kappa shape index (κ2) is 7.03. The van der Waals surface area contributed by atoms with Crippen LogP contribution in [0.25, 0.3) is 0 Å². The van der Waals surface area contributed by atoms with Gasteiger partial charge in [0.15, 0.2) is 0 Å². The van der Waals surface area contributed by atoms with E-state index in [-0.39, 0.29) is 0 Å². The van der Waals surface area contributed by atoms with Crippen molar-refractivity contribution in [3.8, 4) is 0 Å². The van der Waals surface area contributed by atoms with Crippen molar-refractivity contribution in [1.29, 1.82) is 0 Å². The van der Waals surface area contributed by atoms with Crippen LogP contribution in [0.3, 0.4) is 0 Å². The van der Waals surface area contributed by atoms with Gasteiger partial charge in [-0.25, -0.2) is 0 Å². The lowest BCUT2D eigenvalue weighted by Crippen LogP contribution is -2.16. The van der Waals surface area contributed by atoms with Crippen LogP contribution in [-0.4, -0.2) is 11.3 Å². The van der Waals surface area contributed by atoms with Gasteiger partial charge in [-0.3, -0.25) is 0 Å². The summed E-state index contributed by atoms with van der Waals surface area (Å²) < 4.78 is 0. The lowest BCUT2D eigenvalue weighted by molar-refractivity contribution is 0.921. The first-order valence-electron chi connectivity index (χ1n) is 6.39. The summed E-state index contributed by atoms with van der Waals surface area (Å²) in [6.07, 6.45) is 0. The van der Waals surface area contributed by atoms with Gasteiger partial charge in [0, 0.05) is 0 Å². The molecule has 0 aliphatic rings. The first-order chi connectivity index (χ1) is 8.75. The van der Waals surface area contributed by atoms with E-state index in [0.717, 1.165) is 28.5 Å². The van der Waals surface area contributed by atoms with Crippen LogP contribution in [0.5, 0.6) is 0 Å². The maximum absolute atomic E-state index is 2.38. The molecule has 0 radical (unpaired) electrons. The minimum atomic E-state index is 0.755. The molecule has 0 fully saturated rings. The van der Waals surface area contributed by atoms with E-state index in [1.807, 2.05) is 0 Å². The summed E-state index contributed by atoms with van der Waals surface area (Å²) in [6.45, 7) is 4.76. The highest BCUT2D eigenvalue weighted by Gasteiger charge is 2.13. The van der Waals surface area contributed by atoms with Gasteiger partial charge in [-0.05, 0) is 21.9 Å². The smallest absolute Gasteiger partial charge is 0.0159 e. The Hall–Kier alpha value is -0.700. The van der Waals surface area contributed by atoms with E-state index in [4.69, 9.17) is 0 Å². The van der Waals surface area contributed by atoms with Crippen molar-refractivity contribution in [2.45, 2.75) is 25.2 Å². The zero-order valence-electron chi connectivity index (χ0n) is 10.9. The maximum Gasteiger partial charge on any atom is -0.0159 e. The molecular weight excluding hydrogens is 254 g/mol. The summed E-state index contributed by atoms with van der Waals surface area (Å²) in [4.78, 5) is 0. The predicted octanol–water partition coefficient (Wildman–Crippen LogP) is 3.77. The van der Waals surface area contributed by atoms with Crippen LogP contribution in [0.15, 0.2) is 60.7 Å². The molecule has 0 aromatic heterocycles. The molecule has 2 aromatic carbocycles. The Morgan fingerprint density at radius 3 is 1.28 bits per heavy atom. The minimum Gasteiger partial charge on any atom is -0.0869 e. The fourth-order valence-electron chi connectivity index (χ4n) is 1.84. The molecule has 0 nitrogen and oxygen atoms in total. The van der Waals surface area contributed by atoms with Crippen LogP contribution in [0, 0.1) is 0 Å². The van der Waals surface area contributed by atoms with E-state index in [0.29, 0.717) is 0 Å². The summed E-state index contributed by atoms with van der Waals surface area (Å²) >= 11 is 0. The first-order valence-corrected chi connectivity index (χ1v) is 8.54. The summed E-state index contributed by atoms with van der Waals surface area (Å²) in [6, 6.07) is 21.7. The molecule has 0 amide bonds. The SMILES string of the molecule is C[C@H](Pc1ccccc1)[C@H](C)Pc1ccccc1. The van der Waals surface area contributed by atoms with E-state index in [1.165, 1.54) is 10.6 Å². The molecule has 94 valence electrons. The second-order valence-corrected chi connectivity index (χ2v) is 8.15. The number of hydrogen-bond acceptors (Lipinski definition) is 0. The molecule has 0 spiro atoms. The fraction of sp³-hybridized carbons (Fsp3) is 0.250. The van der Waals surface area contributed by atoms with Crippen LogP contribution in [-0.2, 0) is 0 Å². The molecule has 2 unspecified atom stereocenters. The molecule has 2 rings (SSSR count). The zero-order chi connectivity index (χ0) is 12.8. The van der Waals surface area contributed by atoms with Crippen molar-refractivity contribution in [1.82, 2.24) is 0 Å². The Morgan fingerprint density at radius 2 is 0.944 bits per heavy atom. The van der Waals surface area contributed by atoms with Crippen molar-refractivity contribution in [3.63, 3.8) is 0 Å². The third-order valence-electron chi connectivity index (χ3n) is 3.09. The number of rotatable bonds is 5. The lowest BCUT2D eigenvalue weighted by atomic mass is 10.3. The first kappa shape index (κ1) is 13.7.